The van der Waals surface area contributed by atoms with Crippen LogP contribution in [0.4, 0.5) is 0 Å². The van der Waals surface area contributed by atoms with Crippen LogP contribution < -0.4 is 0 Å². The molecule has 1 aromatic heterocycles. The standard InChI is InChI=1S/C19H28N2O2S2/c1-6-21(15(4)13-25(5,22)23)11-18-12-24-19(20-18)17-9-7-16(8-10-17)14(2)3/h7-10,12,14-15H,6,11,13H2,1-5H3. The second-order valence-electron chi connectivity index (χ2n) is 6.93. The lowest BCUT2D eigenvalue weighted by molar-refractivity contribution is 0.224. The van der Waals surface area contributed by atoms with Crippen LogP contribution in [0.25, 0.3) is 10.6 Å². The fraction of sp³-hybridized carbons (Fsp3) is 0.526. The highest BCUT2D eigenvalue weighted by atomic mass is 32.2. The zero-order chi connectivity index (χ0) is 18.6. The van der Waals surface area contributed by atoms with Gasteiger partial charge in [0.2, 0.25) is 0 Å². The van der Waals surface area contributed by atoms with E-state index in [0.29, 0.717) is 12.5 Å². The van der Waals surface area contributed by atoms with Gasteiger partial charge in [0.15, 0.2) is 0 Å². The molecule has 0 saturated carbocycles. The SMILES string of the molecule is CCN(Cc1csc(-c2ccc(C(C)C)cc2)n1)C(C)CS(C)(=O)=O. The molecule has 0 spiro atoms. The first-order valence-corrected chi connectivity index (χ1v) is 11.6. The molecule has 0 bridgehead atoms. The van der Waals surface area contributed by atoms with Crippen molar-refractivity contribution in [2.75, 3.05) is 18.6 Å². The monoisotopic (exact) mass is 380 g/mol. The van der Waals surface area contributed by atoms with Gasteiger partial charge in [-0.15, -0.1) is 11.3 Å². The average Bonchev–Trinajstić information content (AvgIpc) is 2.99. The van der Waals surface area contributed by atoms with E-state index >= 15 is 0 Å². The fourth-order valence-electron chi connectivity index (χ4n) is 2.85. The summed E-state index contributed by atoms with van der Waals surface area (Å²) < 4.78 is 23.1. The molecule has 6 heteroatoms. The predicted molar refractivity (Wildman–Crippen MR) is 107 cm³/mol. The maximum Gasteiger partial charge on any atom is 0.148 e. The van der Waals surface area contributed by atoms with Crippen molar-refractivity contribution in [1.82, 2.24) is 9.88 Å². The minimum Gasteiger partial charge on any atom is -0.294 e. The van der Waals surface area contributed by atoms with Crippen LogP contribution in [0.5, 0.6) is 0 Å². The Morgan fingerprint density at radius 3 is 2.32 bits per heavy atom. The molecule has 0 aliphatic heterocycles. The number of benzene rings is 1. The quantitative estimate of drug-likeness (QED) is 0.689. The number of rotatable bonds is 8. The number of thiazole rings is 1. The Kier molecular flexibility index (Phi) is 6.77. The lowest BCUT2D eigenvalue weighted by atomic mass is 10.0. The van der Waals surface area contributed by atoms with E-state index in [-0.39, 0.29) is 11.8 Å². The van der Waals surface area contributed by atoms with E-state index < -0.39 is 9.84 Å². The van der Waals surface area contributed by atoms with Crippen LogP contribution in [0.15, 0.2) is 29.6 Å². The van der Waals surface area contributed by atoms with Crippen LogP contribution in [0, 0.1) is 0 Å². The summed E-state index contributed by atoms with van der Waals surface area (Å²) in [6.45, 7) is 9.86. The van der Waals surface area contributed by atoms with E-state index in [2.05, 4.69) is 55.3 Å². The number of nitrogens with zero attached hydrogens (tertiary/aromatic N) is 2. The van der Waals surface area contributed by atoms with Crippen molar-refractivity contribution in [2.45, 2.75) is 46.2 Å². The Labute approximate surface area is 155 Å². The van der Waals surface area contributed by atoms with Crippen molar-refractivity contribution in [3.8, 4) is 10.6 Å². The van der Waals surface area contributed by atoms with E-state index in [1.807, 2.05) is 6.92 Å². The van der Waals surface area contributed by atoms with Gasteiger partial charge in [-0.2, -0.15) is 0 Å². The normalized spacial score (nSPS) is 13.6. The largest absolute Gasteiger partial charge is 0.294 e. The van der Waals surface area contributed by atoms with E-state index in [9.17, 15) is 8.42 Å². The van der Waals surface area contributed by atoms with Crippen molar-refractivity contribution >= 4 is 21.2 Å². The Morgan fingerprint density at radius 1 is 1.16 bits per heavy atom. The van der Waals surface area contributed by atoms with Crippen LogP contribution in [0.1, 0.15) is 44.9 Å². The molecular weight excluding hydrogens is 352 g/mol. The van der Waals surface area contributed by atoms with E-state index in [1.54, 1.807) is 11.3 Å². The zero-order valence-electron chi connectivity index (χ0n) is 15.7. The van der Waals surface area contributed by atoms with E-state index in [4.69, 9.17) is 4.98 Å². The molecule has 4 nitrogen and oxygen atoms in total. The topological polar surface area (TPSA) is 50.3 Å². The van der Waals surface area contributed by atoms with Crippen LogP contribution in [-0.2, 0) is 16.4 Å². The smallest absolute Gasteiger partial charge is 0.148 e. The highest BCUT2D eigenvalue weighted by Crippen LogP contribution is 2.26. The Bertz CT molecular complexity index is 780. The van der Waals surface area contributed by atoms with Gasteiger partial charge in [0, 0.05) is 29.8 Å². The number of hydrogen-bond donors (Lipinski definition) is 0. The van der Waals surface area contributed by atoms with Gasteiger partial charge in [0.05, 0.1) is 11.4 Å². The van der Waals surface area contributed by atoms with Gasteiger partial charge in [0.25, 0.3) is 0 Å². The summed E-state index contributed by atoms with van der Waals surface area (Å²) in [7, 11) is -2.98. The molecule has 1 unspecified atom stereocenters. The first-order chi connectivity index (χ1) is 11.7. The van der Waals surface area contributed by atoms with Crippen molar-refractivity contribution < 1.29 is 8.42 Å². The zero-order valence-corrected chi connectivity index (χ0v) is 17.3. The maximum atomic E-state index is 11.5. The van der Waals surface area contributed by atoms with Gasteiger partial charge in [-0.05, 0) is 24.9 Å². The van der Waals surface area contributed by atoms with Gasteiger partial charge >= 0.3 is 0 Å². The molecule has 1 aromatic carbocycles. The van der Waals surface area contributed by atoms with E-state index in [1.165, 1.54) is 11.8 Å². The highest BCUT2D eigenvalue weighted by Gasteiger charge is 2.18. The Hall–Kier alpha value is -1.24. The van der Waals surface area contributed by atoms with Gasteiger partial charge in [0.1, 0.15) is 14.8 Å². The van der Waals surface area contributed by atoms with Crippen molar-refractivity contribution in [2.24, 2.45) is 0 Å². The summed E-state index contributed by atoms with van der Waals surface area (Å²) in [5.74, 6) is 0.699. The molecule has 0 aliphatic carbocycles. The summed E-state index contributed by atoms with van der Waals surface area (Å²) in [6.07, 6.45) is 1.29. The molecule has 0 radical (unpaired) electrons. The van der Waals surface area contributed by atoms with Crippen molar-refractivity contribution in [3.05, 3.63) is 40.9 Å². The molecule has 0 fully saturated rings. The molecule has 2 aromatic rings. The minimum atomic E-state index is -2.98. The molecule has 138 valence electrons. The number of sulfone groups is 1. The summed E-state index contributed by atoms with van der Waals surface area (Å²) in [5.41, 5.74) is 3.45. The predicted octanol–water partition coefficient (Wildman–Crippen LogP) is 4.19. The van der Waals surface area contributed by atoms with Crippen LogP contribution in [0.2, 0.25) is 0 Å². The fourth-order valence-corrected chi connectivity index (χ4v) is 4.76. The molecule has 0 amide bonds. The van der Waals surface area contributed by atoms with Crippen LogP contribution in [0.3, 0.4) is 0 Å². The van der Waals surface area contributed by atoms with Crippen molar-refractivity contribution in [1.29, 1.82) is 0 Å². The maximum absolute atomic E-state index is 11.5. The van der Waals surface area contributed by atoms with Gasteiger partial charge in [-0.3, -0.25) is 4.90 Å². The summed E-state index contributed by atoms with van der Waals surface area (Å²) in [6, 6.07) is 8.56. The molecule has 1 atom stereocenters. The average molecular weight is 381 g/mol. The lowest BCUT2D eigenvalue weighted by Gasteiger charge is -2.26. The molecule has 0 saturated heterocycles. The van der Waals surface area contributed by atoms with Crippen LogP contribution >= 0.6 is 11.3 Å². The molecule has 0 N–H and O–H groups in total. The lowest BCUT2D eigenvalue weighted by Crippen LogP contribution is -2.37. The highest BCUT2D eigenvalue weighted by molar-refractivity contribution is 7.90. The molecular formula is C19H28N2O2S2. The second kappa shape index (κ2) is 8.43. The first kappa shape index (κ1) is 20.1. The van der Waals surface area contributed by atoms with E-state index in [0.717, 1.165) is 22.8 Å². The third-order valence-corrected chi connectivity index (χ3v) is 6.34. The summed E-state index contributed by atoms with van der Waals surface area (Å²) in [5, 5.41) is 3.08. The third kappa shape index (κ3) is 5.90. The third-order valence-electron chi connectivity index (χ3n) is 4.31. The van der Waals surface area contributed by atoms with Gasteiger partial charge in [-0.25, -0.2) is 13.4 Å². The number of hydrogen-bond acceptors (Lipinski definition) is 5. The molecule has 2 rings (SSSR count). The molecule has 0 aliphatic rings. The summed E-state index contributed by atoms with van der Waals surface area (Å²) in [4.78, 5) is 6.90. The first-order valence-electron chi connectivity index (χ1n) is 8.66. The van der Waals surface area contributed by atoms with Gasteiger partial charge < -0.3 is 0 Å². The Balaban J connectivity index is 2.09. The number of aromatic nitrogens is 1. The molecule has 1 heterocycles. The van der Waals surface area contributed by atoms with Gasteiger partial charge in [-0.1, -0.05) is 45.0 Å². The Morgan fingerprint density at radius 2 is 1.80 bits per heavy atom. The van der Waals surface area contributed by atoms with Crippen LogP contribution in [-0.4, -0.2) is 42.9 Å². The summed E-state index contributed by atoms with van der Waals surface area (Å²) >= 11 is 1.64. The second-order valence-corrected chi connectivity index (χ2v) is 9.97. The minimum absolute atomic E-state index is 0.0181. The van der Waals surface area contributed by atoms with Crippen molar-refractivity contribution in [3.63, 3.8) is 0 Å². The molecule has 25 heavy (non-hydrogen) atoms.